The van der Waals surface area contributed by atoms with Gasteiger partial charge in [-0.15, -0.1) is 0 Å². The van der Waals surface area contributed by atoms with Crippen molar-refractivity contribution in [3.8, 4) is 11.5 Å². The highest BCUT2D eigenvalue weighted by Gasteiger charge is 2.32. The first-order chi connectivity index (χ1) is 12.1. The number of likely N-dealkylation sites (tertiary alicyclic amines) is 1. The molecule has 1 aromatic heterocycles. The Morgan fingerprint density at radius 2 is 2.00 bits per heavy atom. The number of aryl methyl sites for hydroxylation is 1. The molecular formula is C18H19N3O4. The van der Waals surface area contributed by atoms with E-state index in [2.05, 4.69) is 9.97 Å². The van der Waals surface area contributed by atoms with Crippen LogP contribution in [0.3, 0.4) is 0 Å². The van der Waals surface area contributed by atoms with E-state index < -0.39 is 6.10 Å². The maximum absolute atomic E-state index is 12.6. The number of carbonyl (C=O) groups excluding carboxylic acids is 1. The molecule has 2 aliphatic rings. The standard InChI is InChI=1S/C18H19N3O4/c1-11-19-7-13(8-20-11)18(23)21-5-4-14(15(22)9-21)12-2-3-16-17(6-12)25-10-24-16/h2-3,6-8,14-15,22H,4-5,9-10H2,1H3/t14-,15+/m0/s1. The van der Waals surface area contributed by atoms with Gasteiger partial charge in [0.05, 0.1) is 11.7 Å². The summed E-state index contributed by atoms with van der Waals surface area (Å²) in [4.78, 5) is 22.3. The van der Waals surface area contributed by atoms with E-state index in [1.54, 1.807) is 11.8 Å². The molecule has 1 fully saturated rings. The van der Waals surface area contributed by atoms with Crippen molar-refractivity contribution in [3.63, 3.8) is 0 Å². The minimum atomic E-state index is -0.635. The van der Waals surface area contributed by atoms with Gasteiger partial charge in [0.25, 0.3) is 5.91 Å². The first kappa shape index (κ1) is 15.8. The molecule has 0 aliphatic carbocycles. The average Bonchev–Trinajstić information content (AvgIpc) is 3.09. The summed E-state index contributed by atoms with van der Waals surface area (Å²) in [6, 6.07) is 5.74. The number of piperidine rings is 1. The van der Waals surface area contributed by atoms with Crippen molar-refractivity contribution in [1.82, 2.24) is 14.9 Å². The highest BCUT2D eigenvalue weighted by molar-refractivity contribution is 5.93. The Bertz CT molecular complexity index is 793. The second-order valence-corrected chi connectivity index (χ2v) is 6.35. The number of fused-ring (bicyclic) bond motifs is 1. The van der Waals surface area contributed by atoms with Crippen LogP contribution in [0.2, 0.25) is 0 Å². The van der Waals surface area contributed by atoms with E-state index in [1.165, 1.54) is 12.4 Å². The first-order valence-corrected chi connectivity index (χ1v) is 8.27. The van der Waals surface area contributed by atoms with Gasteiger partial charge < -0.3 is 19.5 Å². The summed E-state index contributed by atoms with van der Waals surface area (Å²) in [5.74, 6) is 1.87. The van der Waals surface area contributed by atoms with Crippen molar-refractivity contribution in [2.24, 2.45) is 0 Å². The van der Waals surface area contributed by atoms with E-state index in [0.29, 0.717) is 30.1 Å². The van der Waals surface area contributed by atoms with Crippen LogP contribution in [-0.4, -0.2) is 51.9 Å². The molecule has 1 amide bonds. The number of aromatic nitrogens is 2. The summed E-state index contributed by atoms with van der Waals surface area (Å²) >= 11 is 0. The molecule has 1 saturated heterocycles. The van der Waals surface area contributed by atoms with E-state index in [9.17, 15) is 9.90 Å². The van der Waals surface area contributed by atoms with Gasteiger partial charge in [-0.2, -0.15) is 0 Å². The molecule has 4 rings (SSSR count). The third-order valence-electron chi connectivity index (χ3n) is 4.72. The number of rotatable bonds is 2. The van der Waals surface area contributed by atoms with E-state index in [1.807, 2.05) is 18.2 Å². The largest absolute Gasteiger partial charge is 0.454 e. The van der Waals surface area contributed by atoms with Crippen LogP contribution in [0, 0.1) is 6.92 Å². The molecule has 2 aromatic rings. The lowest BCUT2D eigenvalue weighted by atomic mass is 9.86. The number of carbonyl (C=O) groups is 1. The van der Waals surface area contributed by atoms with E-state index in [-0.39, 0.29) is 25.2 Å². The topological polar surface area (TPSA) is 84.8 Å². The summed E-state index contributed by atoms with van der Waals surface area (Å²) < 4.78 is 10.7. The Morgan fingerprint density at radius 1 is 1.24 bits per heavy atom. The SMILES string of the molecule is Cc1ncc(C(=O)N2CC[C@@H](c3ccc4c(c3)OCO4)[C@H](O)C2)cn1. The molecule has 3 heterocycles. The maximum atomic E-state index is 12.6. The van der Waals surface area contributed by atoms with E-state index in [4.69, 9.17) is 9.47 Å². The van der Waals surface area contributed by atoms with E-state index in [0.717, 1.165) is 11.3 Å². The molecule has 0 unspecified atom stereocenters. The Hall–Kier alpha value is -2.67. The Labute approximate surface area is 145 Å². The summed E-state index contributed by atoms with van der Waals surface area (Å²) in [5, 5.41) is 10.6. The van der Waals surface area contributed by atoms with Gasteiger partial charge in [-0.05, 0) is 31.0 Å². The van der Waals surface area contributed by atoms with Crippen LogP contribution in [0.4, 0.5) is 0 Å². The minimum Gasteiger partial charge on any atom is -0.454 e. The van der Waals surface area contributed by atoms with Gasteiger partial charge in [0.2, 0.25) is 6.79 Å². The number of aliphatic hydroxyl groups is 1. The van der Waals surface area contributed by atoms with Crippen LogP contribution in [0.5, 0.6) is 11.5 Å². The molecule has 7 nitrogen and oxygen atoms in total. The number of aliphatic hydroxyl groups excluding tert-OH is 1. The van der Waals surface area contributed by atoms with Crippen LogP contribution in [0.15, 0.2) is 30.6 Å². The Morgan fingerprint density at radius 3 is 2.76 bits per heavy atom. The van der Waals surface area contributed by atoms with Crippen molar-refractivity contribution in [3.05, 3.63) is 47.5 Å². The van der Waals surface area contributed by atoms with Gasteiger partial charge in [-0.1, -0.05) is 6.07 Å². The predicted octanol–water partition coefficient (Wildman–Crippen LogP) is 1.50. The van der Waals surface area contributed by atoms with Crippen LogP contribution in [-0.2, 0) is 0 Å². The fourth-order valence-electron chi connectivity index (χ4n) is 3.33. The molecule has 0 saturated carbocycles. The molecule has 1 N–H and O–H groups in total. The summed E-state index contributed by atoms with van der Waals surface area (Å²) in [7, 11) is 0. The quantitative estimate of drug-likeness (QED) is 0.891. The molecule has 2 aliphatic heterocycles. The number of hydrogen-bond donors (Lipinski definition) is 1. The summed E-state index contributed by atoms with van der Waals surface area (Å²) in [6.45, 7) is 2.86. The summed E-state index contributed by atoms with van der Waals surface area (Å²) in [6.07, 6.45) is 3.10. The fourth-order valence-corrected chi connectivity index (χ4v) is 3.33. The lowest BCUT2D eigenvalue weighted by molar-refractivity contribution is 0.0381. The van der Waals surface area contributed by atoms with Gasteiger partial charge in [0.15, 0.2) is 11.5 Å². The third kappa shape index (κ3) is 3.02. The molecule has 0 spiro atoms. The number of β-amino-alcohol motifs (C(OH)–C–C–N with tert-alkyl or cyclic N) is 1. The van der Waals surface area contributed by atoms with Crippen molar-refractivity contribution < 1.29 is 19.4 Å². The number of amides is 1. The second kappa shape index (κ2) is 6.33. The van der Waals surface area contributed by atoms with Gasteiger partial charge >= 0.3 is 0 Å². The lowest BCUT2D eigenvalue weighted by Gasteiger charge is -2.36. The van der Waals surface area contributed by atoms with Crippen LogP contribution in [0.25, 0.3) is 0 Å². The first-order valence-electron chi connectivity index (χ1n) is 8.27. The smallest absolute Gasteiger partial charge is 0.257 e. The molecule has 0 radical (unpaired) electrons. The monoisotopic (exact) mass is 341 g/mol. The number of nitrogens with zero attached hydrogens (tertiary/aromatic N) is 3. The number of hydrogen-bond acceptors (Lipinski definition) is 6. The minimum absolute atomic E-state index is 0.0344. The normalized spacial score (nSPS) is 22.1. The molecule has 25 heavy (non-hydrogen) atoms. The molecule has 130 valence electrons. The van der Waals surface area contributed by atoms with Crippen molar-refractivity contribution in [2.45, 2.75) is 25.4 Å². The second-order valence-electron chi connectivity index (χ2n) is 6.35. The van der Waals surface area contributed by atoms with Gasteiger partial charge in [0, 0.05) is 31.4 Å². The molecule has 2 atom stereocenters. The summed E-state index contributed by atoms with van der Waals surface area (Å²) in [5.41, 5.74) is 1.45. The molecular weight excluding hydrogens is 322 g/mol. The number of ether oxygens (including phenoxy) is 2. The van der Waals surface area contributed by atoms with Crippen LogP contribution in [0.1, 0.15) is 34.1 Å². The highest BCUT2D eigenvalue weighted by atomic mass is 16.7. The molecule has 7 heteroatoms. The van der Waals surface area contributed by atoms with E-state index >= 15 is 0 Å². The zero-order valence-corrected chi connectivity index (χ0v) is 13.9. The van der Waals surface area contributed by atoms with Crippen molar-refractivity contribution >= 4 is 5.91 Å². The van der Waals surface area contributed by atoms with Gasteiger partial charge in [-0.25, -0.2) is 9.97 Å². The van der Waals surface area contributed by atoms with Gasteiger partial charge in [-0.3, -0.25) is 4.79 Å². The molecule has 0 bridgehead atoms. The van der Waals surface area contributed by atoms with Crippen LogP contribution >= 0.6 is 0 Å². The zero-order chi connectivity index (χ0) is 17.4. The number of benzene rings is 1. The fraction of sp³-hybridized carbons (Fsp3) is 0.389. The average molecular weight is 341 g/mol. The van der Waals surface area contributed by atoms with Crippen molar-refractivity contribution in [1.29, 1.82) is 0 Å². The van der Waals surface area contributed by atoms with Crippen LogP contribution < -0.4 is 9.47 Å². The third-order valence-corrected chi connectivity index (χ3v) is 4.72. The molecule has 1 aromatic carbocycles. The Balaban J connectivity index is 1.47. The van der Waals surface area contributed by atoms with Crippen molar-refractivity contribution in [2.75, 3.05) is 19.9 Å². The lowest BCUT2D eigenvalue weighted by Crippen LogP contribution is -2.45. The Kier molecular flexibility index (Phi) is 4.01. The maximum Gasteiger partial charge on any atom is 0.257 e. The predicted molar refractivity (Wildman–Crippen MR) is 88.6 cm³/mol. The zero-order valence-electron chi connectivity index (χ0n) is 13.9. The van der Waals surface area contributed by atoms with Gasteiger partial charge in [0.1, 0.15) is 5.82 Å². The highest BCUT2D eigenvalue weighted by Crippen LogP contribution is 2.37.